The zero-order valence-corrected chi connectivity index (χ0v) is 9.12. The molecule has 0 fully saturated rings. The average molecular weight is 203 g/mol. The van der Waals surface area contributed by atoms with Crippen molar-refractivity contribution in [3.05, 3.63) is 0 Å². The minimum Gasteiger partial charge on any atom is -0.363 e. The maximum Gasteiger partial charge on any atom is 0.242 e. The quantitative estimate of drug-likeness (QED) is 0.563. The highest BCUT2D eigenvalue weighted by Crippen LogP contribution is 1.81. The molecule has 4 nitrogen and oxygen atoms in total. The zero-order chi connectivity index (χ0) is 10.3. The molecular weight excluding hydrogens is 186 g/mol. The number of hydrogen-bond acceptors (Lipinski definition) is 2. The highest BCUT2D eigenvalue weighted by atomic mass is 32.1. The van der Waals surface area contributed by atoms with Crippen molar-refractivity contribution in [1.29, 1.82) is 0 Å². The summed E-state index contributed by atoms with van der Waals surface area (Å²) in [6, 6.07) is -0.286. The van der Waals surface area contributed by atoms with Gasteiger partial charge in [-0.05, 0) is 33.0 Å². The zero-order valence-electron chi connectivity index (χ0n) is 8.31. The van der Waals surface area contributed by atoms with Crippen LogP contribution < -0.4 is 16.0 Å². The van der Waals surface area contributed by atoms with Crippen LogP contribution in [0.25, 0.3) is 0 Å². The van der Waals surface area contributed by atoms with Crippen molar-refractivity contribution >= 4 is 23.2 Å². The molecule has 0 rings (SSSR count). The van der Waals surface area contributed by atoms with Crippen LogP contribution in [0.4, 0.5) is 0 Å². The first-order chi connectivity index (χ1) is 6.11. The van der Waals surface area contributed by atoms with Crippen LogP contribution in [0.1, 0.15) is 20.8 Å². The van der Waals surface area contributed by atoms with Crippen LogP contribution in [0.15, 0.2) is 0 Å². The molecule has 0 radical (unpaired) electrons. The summed E-state index contributed by atoms with van der Waals surface area (Å²) in [4.78, 5) is 11.2. The van der Waals surface area contributed by atoms with E-state index in [1.807, 2.05) is 13.8 Å². The van der Waals surface area contributed by atoms with Crippen molar-refractivity contribution in [2.75, 3.05) is 13.1 Å². The lowest BCUT2D eigenvalue weighted by molar-refractivity contribution is -0.122. The summed E-state index contributed by atoms with van der Waals surface area (Å²) in [5.74, 6) is -0.0391. The van der Waals surface area contributed by atoms with E-state index in [9.17, 15) is 4.79 Å². The largest absolute Gasteiger partial charge is 0.363 e. The Hall–Kier alpha value is -0.840. The first-order valence-electron chi connectivity index (χ1n) is 4.43. The van der Waals surface area contributed by atoms with Crippen LogP contribution >= 0.6 is 12.2 Å². The van der Waals surface area contributed by atoms with Crippen LogP contribution in [0.3, 0.4) is 0 Å². The Morgan fingerprint density at radius 3 is 2.31 bits per heavy atom. The van der Waals surface area contributed by atoms with E-state index in [1.54, 1.807) is 6.92 Å². The summed E-state index contributed by atoms with van der Waals surface area (Å²) >= 11 is 4.93. The molecule has 0 saturated carbocycles. The van der Waals surface area contributed by atoms with E-state index < -0.39 is 0 Å². The van der Waals surface area contributed by atoms with Crippen molar-refractivity contribution in [3.63, 3.8) is 0 Å². The van der Waals surface area contributed by atoms with E-state index >= 15 is 0 Å². The Kier molecular flexibility index (Phi) is 6.22. The van der Waals surface area contributed by atoms with Crippen LogP contribution in [-0.2, 0) is 4.79 Å². The van der Waals surface area contributed by atoms with Crippen molar-refractivity contribution in [3.8, 4) is 0 Å². The first-order valence-corrected chi connectivity index (χ1v) is 4.84. The van der Waals surface area contributed by atoms with Gasteiger partial charge in [0.15, 0.2) is 5.11 Å². The second-order valence-electron chi connectivity index (χ2n) is 2.62. The summed E-state index contributed by atoms with van der Waals surface area (Å²) in [5, 5.41) is 9.01. The summed E-state index contributed by atoms with van der Waals surface area (Å²) in [7, 11) is 0. The number of thiocarbonyl (C=S) groups is 1. The Labute approximate surface area is 84.5 Å². The molecule has 0 aliphatic carbocycles. The number of rotatable bonds is 4. The molecule has 0 spiro atoms. The fourth-order valence-electron chi connectivity index (χ4n) is 0.801. The molecule has 0 aliphatic heterocycles. The number of amides is 1. The third-order valence-corrected chi connectivity index (χ3v) is 1.69. The lowest BCUT2D eigenvalue weighted by atomic mass is 10.3. The molecule has 5 heteroatoms. The predicted octanol–water partition coefficient (Wildman–Crippen LogP) is -0.00500. The third kappa shape index (κ3) is 5.41. The first kappa shape index (κ1) is 12.2. The van der Waals surface area contributed by atoms with E-state index in [-0.39, 0.29) is 11.9 Å². The third-order valence-electron chi connectivity index (χ3n) is 1.43. The van der Waals surface area contributed by atoms with Gasteiger partial charge in [0.2, 0.25) is 5.91 Å². The molecule has 0 heterocycles. The second kappa shape index (κ2) is 6.65. The van der Waals surface area contributed by atoms with Crippen LogP contribution in [0.2, 0.25) is 0 Å². The molecule has 0 aromatic carbocycles. The van der Waals surface area contributed by atoms with Gasteiger partial charge in [-0.2, -0.15) is 0 Å². The van der Waals surface area contributed by atoms with Crippen LogP contribution in [0, 0.1) is 0 Å². The highest BCUT2D eigenvalue weighted by molar-refractivity contribution is 7.80. The molecule has 0 aromatic rings. The fourth-order valence-corrected chi connectivity index (χ4v) is 1.12. The Morgan fingerprint density at radius 2 is 1.85 bits per heavy atom. The normalized spacial score (nSPS) is 11.6. The van der Waals surface area contributed by atoms with E-state index in [1.165, 1.54) is 0 Å². The minimum atomic E-state index is -0.286. The van der Waals surface area contributed by atoms with E-state index in [2.05, 4.69) is 16.0 Å². The molecule has 3 N–H and O–H groups in total. The fraction of sp³-hybridized carbons (Fsp3) is 0.750. The van der Waals surface area contributed by atoms with E-state index in [0.717, 1.165) is 6.54 Å². The highest BCUT2D eigenvalue weighted by Gasteiger charge is 2.11. The maximum absolute atomic E-state index is 11.2. The van der Waals surface area contributed by atoms with Gasteiger partial charge in [-0.15, -0.1) is 0 Å². The number of carbonyl (C=O) groups is 1. The summed E-state index contributed by atoms with van der Waals surface area (Å²) in [6.07, 6.45) is 0. The Morgan fingerprint density at radius 1 is 1.31 bits per heavy atom. The number of carbonyl (C=O) groups excluding carboxylic acids is 1. The van der Waals surface area contributed by atoms with Crippen molar-refractivity contribution in [2.24, 2.45) is 0 Å². The molecule has 0 saturated heterocycles. The van der Waals surface area contributed by atoms with Gasteiger partial charge in [-0.1, -0.05) is 0 Å². The van der Waals surface area contributed by atoms with Gasteiger partial charge in [-0.25, -0.2) is 0 Å². The van der Waals surface area contributed by atoms with Gasteiger partial charge in [0, 0.05) is 13.1 Å². The lowest BCUT2D eigenvalue weighted by Crippen LogP contribution is -2.48. The van der Waals surface area contributed by atoms with Gasteiger partial charge in [0.1, 0.15) is 6.04 Å². The van der Waals surface area contributed by atoms with E-state index in [0.29, 0.717) is 11.7 Å². The number of nitrogens with one attached hydrogen (secondary N) is 3. The molecule has 1 unspecified atom stereocenters. The smallest absolute Gasteiger partial charge is 0.242 e. The van der Waals surface area contributed by atoms with Crippen molar-refractivity contribution in [1.82, 2.24) is 16.0 Å². The molecule has 76 valence electrons. The van der Waals surface area contributed by atoms with E-state index in [4.69, 9.17) is 12.2 Å². The average Bonchev–Trinajstić information content (AvgIpc) is 2.05. The second-order valence-corrected chi connectivity index (χ2v) is 3.03. The molecule has 0 aromatic heterocycles. The Balaban J connectivity index is 3.78. The molecule has 1 amide bonds. The van der Waals surface area contributed by atoms with Gasteiger partial charge >= 0.3 is 0 Å². The van der Waals surface area contributed by atoms with Crippen LogP contribution in [0.5, 0.6) is 0 Å². The molecule has 0 bridgehead atoms. The summed E-state index contributed by atoms with van der Waals surface area (Å²) in [6.45, 7) is 7.00. The van der Waals surface area contributed by atoms with Crippen LogP contribution in [-0.4, -0.2) is 30.2 Å². The molecule has 0 aliphatic rings. The maximum atomic E-state index is 11.2. The Bertz CT molecular complexity index is 184. The van der Waals surface area contributed by atoms with Gasteiger partial charge in [-0.3, -0.25) is 4.79 Å². The monoisotopic (exact) mass is 203 g/mol. The standard InChI is InChI=1S/C8H17N3OS/c1-4-9-7(12)6(3)11-8(13)10-5-2/h6H,4-5H2,1-3H3,(H,9,12)(H2,10,11,13). The van der Waals surface area contributed by atoms with Gasteiger partial charge in [0.05, 0.1) is 0 Å². The predicted molar refractivity (Wildman–Crippen MR) is 57.6 cm³/mol. The topological polar surface area (TPSA) is 53.2 Å². The number of likely N-dealkylation sites (N-methyl/N-ethyl adjacent to an activating group) is 1. The minimum absolute atomic E-state index is 0.0391. The van der Waals surface area contributed by atoms with Crippen molar-refractivity contribution in [2.45, 2.75) is 26.8 Å². The van der Waals surface area contributed by atoms with Gasteiger partial charge in [0.25, 0.3) is 0 Å². The molecule has 1 atom stereocenters. The number of hydrogen-bond donors (Lipinski definition) is 3. The van der Waals surface area contributed by atoms with Gasteiger partial charge < -0.3 is 16.0 Å². The summed E-state index contributed by atoms with van der Waals surface area (Å²) < 4.78 is 0. The lowest BCUT2D eigenvalue weighted by Gasteiger charge is -2.15. The summed E-state index contributed by atoms with van der Waals surface area (Å²) in [5.41, 5.74) is 0. The molecular formula is C8H17N3OS. The molecule has 13 heavy (non-hydrogen) atoms. The SMILES string of the molecule is CCNC(=O)C(C)NC(=S)NCC. The van der Waals surface area contributed by atoms with Crippen molar-refractivity contribution < 1.29 is 4.79 Å².